The monoisotopic (exact) mass is 276 g/mol. The van der Waals surface area contributed by atoms with E-state index < -0.39 is 6.04 Å². The van der Waals surface area contributed by atoms with Crippen LogP contribution in [0.1, 0.15) is 39.7 Å². The van der Waals surface area contributed by atoms with Crippen molar-refractivity contribution in [1.29, 1.82) is 0 Å². The van der Waals surface area contributed by atoms with E-state index >= 15 is 0 Å². The highest BCUT2D eigenvalue weighted by atomic mass is 19.1. The van der Waals surface area contributed by atoms with Crippen molar-refractivity contribution in [2.45, 2.75) is 33.7 Å². The summed E-state index contributed by atoms with van der Waals surface area (Å²) in [6.07, 6.45) is 0. The second-order valence-electron chi connectivity index (χ2n) is 5.29. The molecule has 0 aliphatic rings. The molecule has 108 valence electrons. The molecule has 0 aliphatic carbocycles. The zero-order valence-corrected chi connectivity index (χ0v) is 12.6. The van der Waals surface area contributed by atoms with Crippen LogP contribution in [0.4, 0.5) is 4.39 Å². The van der Waals surface area contributed by atoms with E-state index in [0.717, 1.165) is 28.1 Å². The fourth-order valence-corrected chi connectivity index (χ4v) is 2.81. The Kier molecular flexibility index (Phi) is 3.92. The molecule has 0 bridgehead atoms. The Morgan fingerprint density at radius 1 is 1.20 bits per heavy atom. The van der Waals surface area contributed by atoms with Gasteiger partial charge in [-0.2, -0.15) is 5.10 Å². The number of hydrogen-bond donors (Lipinski definition) is 2. The number of hydrogen-bond acceptors (Lipinski definition) is 3. The van der Waals surface area contributed by atoms with Gasteiger partial charge in [-0.3, -0.25) is 10.5 Å². The molecular weight excluding hydrogens is 255 g/mol. The highest BCUT2D eigenvalue weighted by molar-refractivity contribution is 5.42. The lowest BCUT2D eigenvalue weighted by Crippen LogP contribution is -2.31. The Labute approximate surface area is 118 Å². The molecule has 0 fully saturated rings. The predicted molar refractivity (Wildman–Crippen MR) is 77.7 cm³/mol. The Bertz CT molecular complexity index is 623. The molecule has 0 saturated carbocycles. The molecule has 3 N–H and O–H groups in total. The van der Waals surface area contributed by atoms with Gasteiger partial charge in [0.2, 0.25) is 0 Å². The number of halogens is 1. The first-order valence-corrected chi connectivity index (χ1v) is 6.59. The molecule has 2 aromatic rings. The van der Waals surface area contributed by atoms with E-state index in [0.29, 0.717) is 5.56 Å². The molecule has 1 atom stereocenters. The first-order chi connectivity index (χ1) is 9.36. The number of nitrogens with one attached hydrogen (secondary N) is 1. The van der Waals surface area contributed by atoms with Gasteiger partial charge in [0.15, 0.2) is 0 Å². The van der Waals surface area contributed by atoms with Crippen LogP contribution in [0.3, 0.4) is 0 Å². The van der Waals surface area contributed by atoms with Gasteiger partial charge in [0.25, 0.3) is 0 Å². The lowest BCUT2D eigenvalue weighted by molar-refractivity contribution is 0.553. The molecule has 20 heavy (non-hydrogen) atoms. The van der Waals surface area contributed by atoms with Crippen LogP contribution in [0.5, 0.6) is 0 Å². The van der Waals surface area contributed by atoms with E-state index in [2.05, 4.69) is 10.5 Å². The van der Waals surface area contributed by atoms with E-state index in [9.17, 15) is 4.39 Å². The highest BCUT2D eigenvalue weighted by Crippen LogP contribution is 2.31. The maximum atomic E-state index is 14.4. The standard InChI is InChI=1S/C15H21FN4/c1-8-6-9(2)13(12(16)7-8)15(18-17)14-10(3)19-20(5)11(14)4/h6-7,15,18H,17H2,1-5H3. The quantitative estimate of drug-likeness (QED) is 0.668. The second-order valence-corrected chi connectivity index (χ2v) is 5.29. The van der Waals surface area contributed by atoms with Crippen LogP contribution in [-0.2, 0) is 7.05 Å². The average molecular weight is 276 g/mol. The summed E-state index contributed by atoms with van der Waals surface area (Å²) in [6.45, 7) is 7.65. The van der Waals surface area contributed by atoms with Crippen LogP contribution in [0.2, 0.25) is 0 Å². The second kappa shape index (κ2) is 5.34. The third-order valence-electron chi connectivity index (χ3n) is 3.79. The molecule has 0 radical (unpaired) electrons. The smallest absolute Gasteiger partial charge is 0.128 e. The number of benzene rings is 1. The number of aryl methyl sites for hydroxylation is 4. The van der Waals surface area contributed by atoms with Gasteiger partial charge in [-0.15, -0.1) is 0 Å². The minimum Gasteiger partial charge on any atom is -0.272 e. The molecule has 0 amide bonds. The van der Waals surface area contributed by atoms with E-state index in [1.165, 1.54) is 6.07 Å². The van der Waals surface area contributed by atoms with Gasteiger partial charge in [-0.25, -0.2) is 9.82 Å². The maximum absolute atomic E-state index is 14.4. The van der Waals surface area contributed by atoms with Gasteiger partial charge in [-0.1, -0.05) is 6.07 Å². The van der Waals surface area contributed by atoms with E-state index in [1.807, 2.05) is 40.8 Å². The number of rotatable bonds is 3. The minimum atomic E-state index is -0.399. The largest absolute Gasteiger partial charge is 0.272 e. The van der Waals surface area contributed by atoms with E-state index in [-0.39, 0.29) is 5.82 Å². The lowest BCUT2D eigenvalue weighted by Gasteiger charge is -2.20. The highest BCUT2D eigenvalue weighted by Gasteiger charge is 2.25. The van der Waals surface area contributed by atoms with Crippen molar-refractivity contribution in [3.63, 3.8) is 0 Å². The van der Waals surface area contributed by atoms with Crippen molar-refractivity contribution in [3.05, 3.63) is 51.6 Å². The van der Waals surface area contributed by atoms with Crippen LogP contribution in [0.25, 0.3) is 0 Å². The fourth-order valence-electron chi connectivity index (χ4n) is 2.81. The van der Waals surface area contributed by atoms with Gasteiger partial charge in [0, 0.05) is 23.9 Å². The molecule has 0 aliphatic heterocycles. The summed E-state index contributed by atoms with van der Waals surface area (Å²) in [5.74, 6) is 5.46. The number of nitrogens with zero attached hydrogens (tertiary/aromatic N) is 2. The average Bonchev–Trinajstić information content (AvgIpc) is 2.59. The van der Waals surface area contributed by atoms with E-state index in [1.54, 1.807) is 4.68 Å². The molecule has 1 unspecified atom stereocenters. The Hall–Kier alpha value is -1.72. The molecular formula is C15H21FN4. The summed E-state index contributed by atoms with van der Waals surface area (Å²) in [6, 6.07) is 3.10. The Morgan fingerprint density at radius 3 is 2.30 bits per heavy atom. The third kappa shape index (κ3) is 2.34. The van der Waals surface area contributed by atoms with Crippen molar-refractivity contribution >= 4 is 0 Å². The maximum Gasteiger partial charge on any atom is 0.128 e. The summed E-state index contributed by atoms with van der Waals surface area (Å²) < 4.78 is 16.2. The zero-order valence-electron chi connectivity index (χ0n) is 12.6. The van der Waals surface area contributed by atoms with Crippen molar-refractivity contribution in [1.82, 2.24) is 15.2 Å². The molecule has 0 saturated heterocycles. The summed E-state index contributed by atoms with van der Waals surface area (Å²) in [7, 11) is 1.87. The van der Waals surface area contributed by atoms with E-state index in [4.69, 9.17) is 5.84 Å². The van der Waals surface area contributed by atoms with Crippen LogP contribution in [0.15, 0.2) is 12.1 Å². The van der Waals surface area contributed by atoms with Crippen LogP contribution in [-0.4, -0.2) is 9.78 Å². The van der Waals surface area contributed by atoms with Crippen molar-refractivity contribution < 1.29 is 4.39 Å². The molecule has 0 spiro atoms. The normalized spacial score (nSPS) is 12.8. The molecule has 2 rings (SSSR count). The fraction of sp³-hybridized carbons (Fsp3) is 0.400. The molecule has 1 aromatic carbocycles. The van der Waals surface area contributed by atoms with Crippen molar-refractivity contribution in [2.75, 3.05) is 0 Å². The lowest BCUT2D eigenvalue weighted by atomic mass is 9.92. The van der Waals surface area contributed by atoms with Crippen molar-refractivity contribution in [3.8, 4) is 0 Å². The SMILES string of the molecule is Cc1cc(C)c(C(NN)c2c(C)nn(C)c2C)c(F)c1. The first kappa shape index (κ1) is 14.7. The number of nitrogens with two attached hydrogens (primary N) is 1. The topological polar surface area (TPSA) is 55.9 Å². The van der Waals surface area contributed by atoms with Gasteiger partial charge in [-0.05, 0) is 44.9 Å². The first-order valence-electron chi connectivity index (χ1n) is 6.59. The predicted octanol–water partition coefficient (Wildman–Crippen LogP) is 2.35. The Morgan fingerprint density at radius 2 is 1.85 bits per heavy atom. The summed E-state index contributed by atoms with van der Waals surface area (Å²) in [4.78, 5) is 0. The van der Waals surface area contributed by atoms with Gasteiger partial charge in [0.1, 0.15) is 5.82 Å². The number of aromatic nitrogens is 2. The minimum absolute atomic E-state index is 0.242. The molecule has 1 heterocycles. The summed E-state index contributed by atoms with van der Waals surface area (Å²) >= 11 is 0. The molecule has 5 heteroatoms. The third-order valence-corrected chi connectivity index (χ3v) is 3.79. The van der Waals surface area contributed by atoms with Crippen LogP contribution < -0.4 is 11.3 Å². The van der Waals surface area contributed by atoms with Crippen molar-refractivity contribution in [2.24, 2.45) is 12.9 Å². The Balaban J connectivity index is 2.65. The summed E-state index contributed by atoms with van der Waals surface area (Å²) in [5.41, 5.74) is 7.86. The number of hydrazine groups is 1. The van der Waals surface area contributed by atoms with Gasteiger partial charge < -0.3 is 0 Å². The van der Waals surface area contributed by atoms with Gasteiger partial charge >= 0.3 is 0 Å². The zero-order chi connectivity index (χ0) is 15.0. The van der Waals surface area contributed by atoms with Gasteiger partial charge in [0.05, 0.1) is 11.7 Å². The molecule has 1 aromatic heterocycles. The molecule has 4 nitrogen and oxygen atoms in total. The van der Waals surface area contributed by atoms with Crippen LogP contribution in [0, 0.1) is 33.5 Å². The summed E-state index contributed by atoms with van der Waals surface area (Å²) in [5, 5.41) is 4.38. The van der Waals surface area contributed by atoms with Crippen LogP contribution >= 0.6 is 0 Å².